The van der Waals surface area contributed by atoms with Crippen molar-refractivity contribution >= 4 is 11.6 Å². The number of hydrogen-bond donors (Lipinski definition) is 1. The molecule has 0 radical (unpaired) electrons. The van der Waals surface area contributed by atoms with Crippen LogP contribution in [0.5, 0.6) is 0 Å². The Morgan fingerprint density at radius 2 is 2.26 bits per heavy atom. The van der Waals surface area contributed by atoms with Gasteiger partial charge in [0, 0.05) is 24.6 Å². The van der Waals surface area contributed by atoms with Crippen molar-refractivity contribution in [3.05, 3.63) is 34.6 Å². The number of rotatable bonds is 5. The van der Waals surface area contributed by atoms with Crippen LogP contribution in [0.25, 0.3) is 0 Å². The zero-order chi connectivity index (χ0) is 13.9. The number of ether oxygens (including phenoxy) is 1. The summed E-state index contributed by atoms with van der Waals surface area (Å²) >= 11 is 5.72. The van der Waals surface area contributed by atoms with Gasteiger partial charge in [-0.25, -0.2) is 4.39 Å². The van der Waals surface area contributed by atoms with E-state index in [0.29, 0.717) is 6.04 Å². The molecule has 4 heteroatoms. The molecule has 1 unspecified atom stereocenters. The Morgan fingerprint density at radius 1 is 1.47 bits per heavy atom. The third kappa shape index (κ3) is 3.91. The van der Waals surface area contributed by atoms with Gasteiger partial charge in [0.05, 0.1) is 11.6 Å². The van der Waals surface area contributed by atoms with Crippen LogP contribution in [0, 0.1) is 11.2 Å². The summed E-state index contributed by atoms with van der Waals surface area (Å²) in [5.41, 5.74) is 1.06. The van der Waals surface area contributed by atoms with E-state index in [4.69, 9.17) is 16.3 Å². The lowest BCUT2D eigenvalue weighted by atomic mass is 9.80. The molecule has 1 aromatic carbocycles. The molecule has 0 bridgehead atoms. The predicted octanol–water partition coefficient (Wildman–Crippen LogP) is 3.43. The molecule has 0 aliphatic carbocycles. The first-order valence-electron chi connectivity index (χ1n) is 6.76. The fourth-order valence-electron chi connectivity index (χ4n) is 2.49. The molecule has 0 saturated carbocycles. The van der Waals surface area contributed by atoms with Crippen molar-refractivity contribution in [1.29, 1.82) is 0 Å². The lowest BCUT2D eigenvalue weighted by molar-refractivity contribution is 0.148. The van der Waals surface area contributed by atoms with E-state index in [2.05, 4.69) is 19.2 Å². The summed E-state index contributed by atoms with van der Waals surface area (Å²) in [5, 5.41) is 3.66. The van der Waals surface area contributed by atoms with Crippen molar-refractivity contribution in [2.24, 2.45) is 5.41 Å². The number of nitrogens with one attached hydrogen (secondary N) is 1. The fourth-order valence-corrected chi connectivity index (χ4v) is 2.61. The zero-order valence-electron chi connectivity index (χ0n) is 11.5. The Kier molecular flexibility index (Phi) is 4.82. The molecular formula is C15H21ClFNO. The van der Waals surface area contributed by atoms with Crippen molar-refractivity contribution in [3.8, 4) is 0 Å². The van der Waals surface area contributed by atoms with E-state index in [1.54, 1.807) is 6.07 Å². The van der Waals surface area contributed by atoms with Gasteiger partial charge in [-0.1, -0.05) is 31.5 Å². The molecule has 2 rings (SSSR count). The first kappa shape index (κ1) is 14.8. The molecule has 0 aromatic heterocycles. The summed E-state index contributed by atoms with van der Waals surface area (Å²) in [5.74, 6) is -0.343. The van der Waals surface area contributed by atoms with Crippen molar-refractivity contribution in [1.82, 2.24) is 5.32 Å². The summed E-state index contributed by atoms with van der Waals surface area (Å²) in [6.07, 6.45) is 1.83. The Bertz CT molecular complexity index is 430. The van der Waals surface area contributed by atoms with Gasteiger partial charge in [-0.05, 0) is 30.5 Å². The summed E-state index contributed by atoms with van der Waals surface area (Å²) < 4.78 is 19.1. The molecule has 106 valence electrons. The van der Waals surface area contributed by atoms with Crippen LogP contribution in [0.15, 0.2) is 18.2 Å². The highest BCUT2D eigenvalue weighted by Crippen LogP contribution is 2.33. The van der Waals surface area contributed by atoms with Gasteiger partial charge < -0.3 is 10.1 Å². The van der Waals surface area contributed by atoms with E-state index in [1.165, 1.54) is 6.07 Å². The fraction of sp³-hybridized carbons (Fsp3) is 0.600. The van der Waals surface area contributed by atoms with Gasteiger partial charge in [0.15, 0.2) is 0 Å². The van der Waals surface area contributed by atoms with Crippen LogP contribution in [0.1, 0.15) is 25.8 Å². The molecule has 1 aliphatic rings. The minimum Gasteiger partial charge on any atom is -0.381 e. The first-order valence-corrected chi connectivity index (χ1v) is 7.14. The molecule has 1 heterocycles. The van der Waals surface area contributed by atoms with Crippen molar-refractivity contribution in [2.75, 3.05) is 19.8 Å². The van der Waals surface area contributed by atoms with Crippen molar-refractivity contribution in [3.63, 3.8) is 0 Å². The van der Waals surface area contributed by atoms with E-state index in [0.717, 1.165) is 38.2 Å². The molecular weight excluding hydrogens is 265 g/mol. The zero-order valence-corrected chi connectivity index (χ0v) is 12.3. The van der Waals surface area contributed by atoms with Crippen LogP contribution in [0.3, 0.4) is 0 Å². The molecule has 1 saturated heterocycles. The number of benzene rings is 1. The maximum atomic E-state index is 13.5. The predicted molar refractivity (Wildman–Crippen MR) is 76.1 cm³/mol. The molecule has 1 aromatic rings. The third-order valence-corrected chi connectivity index (χ3v) is 3.94. The Labute approximate surface area is 119 Å². The topological polar surface area (TPSA) is 21.3 Å². The average molecular weight is 286 g/mol. The number of halogens is 2. The Balaban J connectivity index is 2.09. The van der Waals surface area contributed by atoms with Crippen LogP contribution in [0.2, 0.25) is 5.02 Å². The van der Waals surface area contributed by atoms with Crippen molar-refractivity contribution < 1.29 is 9.13 Å². The van der Waals surface area contributed by atoms with Gasteiger partial charge in [-0.15, -0.1) is 0 Å². The van der Waals surface area contributed by atoms with Gasteiger partial charge >= 0.3 is 0 Å². The van der Waals surface area contributed by atoms with Crippen LogP contribution in [0.4, 0.5) is 4.39 Å². The monoisotopic (exact) mass is 285 g/mol. The van der Waals surface area contributed by atoms with Crippen LogP contribution >= 0.6 is 11.6 Å². The Morgan fingerprint density at radius 3 is 2.84 bits per heavy atom. The quantitative estimate of drug-likeness (QED) is 0.895. The highest BCUT2D eigenvalue weighted by Gasteiger charge is 2.35. The first-order chi connectivity index (χ1) is 9.01. The largest absolute Gasteiger partial charge is 0.381 e. The highest BCUT2D eigenvalue weighted by molar-refractivity contribution is 6.30. The summed E-state index contributed by atoms with van der Waals surface area (Å²) in [4.78, 5) is 0. The van der Waals surface area contributed by atoms with E-state index >= 15 is 0 Å². The van der Waals surface area contributed by atoms with Crippen LogP contribution in [-0.4, -0.2) is 25.8 Å². The van der Waals surface area contributed by atoms with Gasteiger partial charge in [0.2, 0.25) is 0 Å². The highest BCUT2D eigenvalue weighted by atomic mass is 35.5. The van der Waals surface area contributed by atoms with Gasteiger partial charge in [0.1, 0.15) is 5.82 Å². The van der Waals surface area contributed by atoms with E-state index in [9.17, 15) is 4.39 Å². The summed E-state index contributed by atoms with van der Waals surface area (Å²) in [7, 11) is 0. The van der Waals surface area contributed by atoms with E-state index < -0.39 is 0 Å². The molecule has 1 fully saturated rings. The standard InChI is InChI=1S/C15H21ClFNO/c1-11(2)18-9-15(5-6-19-10-15)8-12-3-4-13(16)14(17)7-12/h3-4,7,11,18H,5-6,8-10H2,1-2H3. The van der Waals surface area contributed by atoms with Crippen LogP contribution in [-0.2, 0) is 11.2 Å². The lowest BCUT2D eigenvalue weighted by Crippen LogP contribution is -2.39. The molecule has 0 spiro atoms. The molecule has 1 aliphatic heterocycles. The second kappa shape index (κ2) is 6.21. The van der Waals surface area contributed by atoms with E-state index in [-0.39, 0.29) is 16.3 Å². The molecule has 0 amide bonds. The summed E-state index contributed by atoms with van der Waals surface area (Å²) in [6, 6.07) is 5.52. The number of hydrogen-bond acceptors (Lipinski definition) is 2. The normalized spacial score (nSPS) is 23.2. The van der Waals surface area contributed by atoms with Gasteiger partial charge in [-0.3, -0.25) is 0 Å². The SMILES string of the molecule is CC(C)NCC1(Cc2ccc(Cl)c(F)c2)CCOC1. The molecule has 1 atom stereocenters. The summed E-state index contributed by atoms with van der Waals surface area (Å²) in [6.45, 7) is 6.68. The molecule has 2 nitrogen and oxygen atoms in total. The van der Waals surface area contributed by atoms with E-state index in [1.807, 2.05) is 6.07 Å². The van der Waals surface area contributed by atoms with Gasteiger partial charge in [0.25, 0.3) is 0 Å². The lowest BCUT2D eigenvalue weighted by Gasteiger charge is -2.29. The second-order valence-corrected chi connectivity index (χ2v) is 6.17. The third-order valence-electron chi connectivity index (χ3n) is 3.63. The molecule has 1 N–H and O–H groups in total. The van der Waals surface area contributed by atoms with Gasteiger partial charge in [-0.2, -0.15) is 0 Å². The minimum absolute atomic E-state index is 0.0739. The minimum atomic E-state index is -0.343. The maximum Gasteiger partial charge on any atom is 0.142 e. The van der Waals surface area contributed by atoms with Crippen molar-refractivity contribution in [2.45, 2.75) is 32.7 Å². The second-order valence-electron chi connectivity index (χ2n) is 5.76. The Hall–Kier alpha value is -0.640. The van der Waals surface area contributed by atoms with Crippen LogP contribution < -0.4 is 5.32 Å². The smallest absolute Gasteiger partial charge is 0.142 e. The average Bonchev–Trinajstić information content (AvgIpc) is 2.81. The molecule has 19 heavy (non-hydrogen) atoms. The maximum absolute atomic E-state index is 13.5.